The third-order valence-corrected chi connectivity index (χ3v) is 4.08. The summed E-state index contributed by atoms with van der Waals surface area (Å²) in [5.41, 5.74) is 10.6. The first-order valence-electron chi connectivity index (χ1n) is 6.22. The molecule has 3 heteroatoms. The van der Waals surface area contributed by atoms with Gasteiger partial charge in [-0.3, -0.25) is 0 Å². The number of nitrogens with two attached hydrogens (primary N) is 1. The fraction of sp³-hybridized carbons (Fsp3) is 0.250. The van der Waals surface area contributed by atoms with Gasteiger partial charge in [0.1, 0.15) is 12.4 Å². The van der Waals surface area contributed by atoms with Gasteiger partial charge < -0.3 is 10.5 Å². The second-order valence-electron chi connectivity index (χ2n) is 4.79. The monoisotopic (exact) mass is 273 g/mol. The van der Waals surface area contributed by atoms with Crippen molar-refractivity contribution in [3.05, 3.63) is 46.9 Å². The van der Waals surface area contributed by atoms with Gasteiger partial charge in [-0.25, -0.2) is 0 Å². The van der Waals surface area contributed by atoms with Crippen LogP contribution in [-0.2, 0) is 0 Å². The zero-order chi connectivity index (χ0) is 14.0. The number of nitrogen functional groups attached to an aromatic ring is 1. The molecule has 2 N–H and O–H groups in total. The van der Waals surface area contributed by atoms with Crippen molar-refractivity contribution in [2.24, 2.45) is 0 Å². The van der Waals surface area contributed by atoms with Crippen molar-refractivity contribution in [3.8, 4) is 16.9 Å². The summed E-state index contributed by atoms with van der Waals surface area (Å²) in [6, 6.07) is 8.06. The Balaban J connectivity index is 2.25. The van der Waals surface area contributed by atoms with E-state index in [2.05, 4.69) is 32.6 Å². The topological polar surface area (TPSA) is 35.2 Å². The SMILES string of the molecule is C=C(C)COc1ccc(-c2c(N)sc(C)c2C)cc1. The van der Waals surface area contributed by atoms with Crippen molar-refractivity contribution < 1.29 is 4.74 Å². The Morgan fingerprint density at radius 2 is 1.89 bits per heavy atom. The number of aryl methyl sites for hydroxylation is 1. The summed E-state index contributed by atoms with van der Waals surface area (Å²) >= 11 is 1.64. The molecule has 0 spiro atoms. The maximum absolute atomic E-state index is 6.09. The minimum absolute atomic E-state index is 0.554. The minimum atomic E-state index is 0.554. The molecule has 0 saturated carbocycles. The second-order valence-corrected chi connectivity index (χ2v) is 6.05. The van der Waals surface area contributed by atoms with Crippen LogP contribution in [0.5, 0.6) is 5.75 Å². The number of benzene rings is 1. The second kappa shape index (κ2) is 5.49. The standard InChI is InChI=1S/C16H19NOS/c1-10(2)9-18-14-7-5-13(6-8-14)15-11(3)12(4)19-16(15)17/h5-8H,1,9,17H2,2-4H3. The van der Waals surface area contributed by atoms with Crippen molar-refractivity contribution in [3.63, 3.8) is 0 Å². The molecule has 1 aromatic heterocycles. The molecule has 0 bridgehead atoms. The number of anilines is 1. The van der Waals surface area contributed by atoms with Crippen molar-refractivity contribution in [2.45, 2.75) is 20.8 Å². The third kappa shape index (κ3) is 2.99. The van der Waals surface area contributed by atoms with E-state index in [-0.39, 0.29) is 0 Å². The van der Waals surface area contributed by atoms with E-state index in [1.165, 1.54) is 10.4 Å². The molecule has 0 unspecified atom stereocenters. The normalized spacial score (nSPS) is 10.5. The zero-order valence-corrected chi connectivity index (χ0v) is 12.4. The quantitative estimate of drug-likeness (QED) is 0.828. The Morgan fingerprint density at radius 1 is 1.26 bits per heavy atom. The number of ether oxygens (including phenoxy) is 1. The molecule has 0 aliphatic rings. The Kier molecular flexibility index (Phi) is 3.96. The molecule has 2 nitrogen and oxygen atoms in total. The lowest BCUT2D eigenvalue weighted by molar-refractivity contribution is 0.353. The number of thiophene rings is 1. The van der Waals surface area contributed by atoms with Gasteiger partial charge in [-0.15, -0.1) is 11.3 Å². The maximum Gasteiger partial charge on any atom is 0.119 e. The summed E-state index contributed by atoms with van der Waals surface area (Å²) in [7, 11) is 0. The zero-order valence-electron chi connectivity index (χ0n) is 11.6. The highest BCUT2D eigenvalue weighted by atomic mass is 32.1. The number of hydrogen-bond acceptors (Lipinski definition) is 3. The summed E-state index contributed by atoms with van der Waals surface area (Å²) in [6.07, 6.45) is 0. The van der Waals surface area contributed by atoms with E-state index >= 15 is 0 Å². The Bertz CT molecular complexity index is 596. The third-order valence-electron chi connectivity index (χ3n) is 3.04. The van der Waals surface area contributed by atoms with Gasteiger partial charge in [-0.2, -0.15) is 0 Å². The number of rotatable bonds is 4. The Hall–Kier alpha value is -1.74. The van der Waals surface area contributed by atoms with Crippen LogP contribution < -0.4 is 10.5 Å². The van der Waals surface area contributed by atoms with Crippen molar-refractivity contribution >= 4 is 16.3 Å². The van der Waals surface area contributed by atoms with Crippen molar-refractivity contribution in [1.29, 1.82) is 0 Å². The van der Waals surface area contributed by atoms with Crippen LogP contribution in [0, 0.1) is 13.8 Å². The fourth-order valence-corrected chi connectivity index (χ4v) is 2.89. The van der Waals surface area contributed by atoms with E-state index < -0.39 is 0 Å². The molecule has 2 rings (SSSR count). The molecule has 0 radical (unpaired) electrons. The lowest BCUT2D eigenvalue weighted by atomic mass is 10.0. The van der Waals surface area contributed by atoms with Crippen LogP contribution in [-0.4, -0.2) is 6.61 Å². The van der Waals surface area contributed by atoms with Gasteiger partial charge in [0.05, 0.1) is 5.00 Å². The van der Waals surface area contributed by atoms with E-state index in [4.69, 9.17) is 10.5 Å². The van der Waals surface area contributed by atoms with Gasteiger partial charge in [-0.1, -0.05) is 18.7 Å². The molecule has 0 aliphatic heterocycles. The van der Waals surface area contributed by atoms with Gasteiger partial charge in [0.2, 0.25) is 0 Å². The van der Waals surface area contributed by atoms with Crippen LogP contribution in [0.1, 0.15) is 17.4 Å². The van der Waals surface area contributed by atoms with E-state index in [1.807, 2.05) is 19.1 Å². The molecule has 19 heavy (non-hydrogen) atoms. The van der Waals surface area contributed by atoms with Gasteiger partial charge in [-0.05, 0) is 49.6 Å². The Labute approximate surface area is 118 Å². The molecule has 2 aromatic rings. The molecule has 0 saturated heterocycles. The predicted molar refractivity (Wildman–Crippen MR) is 84.0 cm³/mol. The van der Waals surface area contributed by atoms with E-state index in [0.29, 0.717) is 6.61 Å². The van der Waals surface area contributed by atoms with Crippen LogP contribution in [0.3, 0.4) is 0 Å². The van der Waals surface area contributed by atoms with Crippen LogP contribution in [0.4, 0.5) is 5.00 Å². The first kappa shape index (κ1) is 13.7. The van der Waals surface area contributed by atoms with Gasteiger partial charge >= 0.3 is 0 Å². The molecule has 0 fully saturated rings. The molecule has 0 atom stereocenters. The highest BCUT2D eigenvalue weighted by Gasteiger charge is 2.11. The highest BCUT2D eigenvalue weighted by Crippen LogP contribution is 2.38. The summed E-state index contributed by atoms with van der Waals surface area (Å²) in [6.45, 7) is 10.5. The lowest BCUT2D eigenvalue weighted by Crippen LogP contribution is -1.97. The predicted octanol–water partition coefficient (Wildman–Crippen LogP) is 4.57. The molecular formula is C16H19NOS. The molecule has 0 aliphatic carbocycles. The lowest BCUT2D eigenvalue weighted by Gasteiger charge is -2.07. The average molecular weight is 273 g/mol. The summed E-state index contributed by atoms with van der Waals surface area (Å²) in [5.74, 6) is 0.856. The smallest absolute Gasteiger partial charge is 0.119 e. The first-order valence-corrected chi connectivity index (χ1v) is 7.03. The van der Waals surface area contributed by atoms with E-state index in [0.717, 1.165) is 27.5 Å². The largest absolute Gasteiger partial charge is 0.489 e. The molecular weight excluding hydrogens is 254 g/mol. The van der Waals surface area contributed by atoms with Crippen LogP contribution in [0.15, 0.2) is 36.4 Å². The van der Waals surface area contributed by atoms with E-state index in [9.17, 15) is 0 Å². The summed E-state index contributed by atoms with van der Waals surface area (Å²) < 4.78 is 5.60. The van der Waals surface area contributed by atoms with Crippen molar-refractivity contribution in [2.75, 3.05) is 12.3 Å². The van der Waals surface area contributed by atoms with E-state index in [1.54, 1.807) is 11.3 Å². The average Bonchev–Trinajstić information content (AvgIpc) is 2.62. The highest BCUT2D eigenvalue weighted by molar-refractivity contribution is 7.16. The minimum Gasteiger partial charge on any atom is -0.489 e. The van der Waals surface area contributed by atoms with Crippen LogP contribution in [0.25, 0.3) is 11.1 Å². The van der Waals surface area contributed by atoms with Gasteiger partial charge in [0.15, 0.2) is 0 Å². The summed E-state index contributed by atoms with van der Waals surface area (Å²) in [4.78, 5) is 1.27. The molecule has 0 amide bonds. The first-order chi connectivity index (χ1) is 8.99. The van der Waals surface area contributed by atoms with Crippen LogP contribution in [0.2, 0.25) is 0 Å². The van der Waals surface area contributed by atoms with Gasteiger partial charge in [0.25, 0.3) is 0 Å². The fourth-order valence-electron chi connectivity index (χ4n) is 1.94. The van der Waals surface area contributed by atoms with Crippen LogP contribution >= 0.6 is 11.3 Å². The molecule has 100 valence electrons. The maximum atomic E-state index is 6.09. The summed E-state index contributed by atoms with van der Waals surface area (Å²) in [5, 5.41) is 0.880. The number of hydrogen-bond donors (Lipinski definition) is 1. The molecule has 1 heterocycles. The van der Waals surface area contributed by atoms with Gasteiger partial charge in [0, 0.05) is 10.4 Å². The Morgan fingerprint density at radius 3 is 2.37 bits per heavy atom. The molecule has 1 aromatic carbocycles. The van der Waals surface area contributed by atoms with Crippen molar-refractivity contribution in [1.82, 2.24) is 0 Å².